The molecule has 2 nitrogen and oxygen atoms in total. The van der Waals surface area contributed by atoms with Gasteiger partial charge < -0.3 is 4.74 Å². The number of halogens is 2. The van der Waals surface area contributed by atoms with Crippen molar-refractivity contribution < 1.29 is 18.3 Å². The summed E-state index contributed by atoms with van der Waals surface area (Å²) in [4.78, 5) is 12.7. The first kappa shape index (κ1) is 33.5. The molecule has 0 aliphatic carbocycles. The Balaban J connectivity index is 1.43. The number of benzene rings is 3. The fourth-order valence-corrected chi connectivity index (χ4v) is 5.41. The van der Waals surface area contributed by atoms with E-state index in [0.717, 1.165) is 60.8 Å². The number of carbonyl (C=O) groups excluding carboxylic acids is 1. The van der Waals surface area contributed by atoms with Crippen molar-refractivity contribution in [2.24, 2.45) is 0 Å². The number of aryl methyl sites for hydroxylation is 2. The lowest BCUT2D eigenvalue weighted by Crippen LogP contribution is -2.09. The highest BCUT2D eigenvalue weighted by Gasteiger charge is 2.13. The van der Waals surface area contributed by atoms with Gasteiger partial charge in [-0.25, -0.2) is 13.6 Å². The Bertz CT molecular complexity index is 1200. The van der Waals surface area contributed by atoms with Gasteiger partial charge in [0.15, 0.2) is 11.6 Å². The lowest BCUT2D eigenvalue weighted by molar-refractivity contribution is 0.0728. The molecule has 0 aromatic heterocycles. The van der Waals surface area contributed by atoms with E-state index >= 15 is 0 Å². The van der Waals surface area contributed by atoms with Gasteiger partial charge in [0, 0.05) is 0 Å². The third kappa shape index (κ3) is 11.7. The largest absolute Gasteiger partial charge is 0.420 e. The molecule has 0 N–H and O–H groups in total. The van der Waals surface area contributed by atoms with Crippen LogP contribution >= 0.6 is 0 Å². The van der Waals surface area contributed by atoms with Crippen molar-refractivity contribution in [2.45, 2.75) is 123 Å². The molecule has 0 aliphatic heterocycles. The molecule has 3 aromatic carbocycles. The van der Waals surface area contributed by atoms with Crippen LogP contribution in [0.5, 0.6) is 5.75 Å². The van der Waals surface area contributed by atoms with Crippen LogP contribution in [-0.2, 0) is 12.8 Å². The maximum atomic E-state index is 14.7. The molecule has 0 radical (unpaired) electrons. The zero-order valence-electron chi connectivity index (χ0n) is 25.9. The van der Waals surface area contributed by atoms with Crippen molar-refractivity contribution in [3.05, 3.63) is 89.0 Å². The SMILES string of the molecule is CCCCCCCCCCCCc1ccc(OC(=O)c2ccc(-c3ccc(CCCCCCC)c(F)c3)cc2)c(F)c1. The number of hydrogen-bond acceptors (Lipinski definition) is 2. The fourth-order valence-electron chi connectivity index (χ4n) is 5.41. The third-order valence-electron chi connectivity index (χ3n) is 8.07. The molecule has 0 heterocycles. The van der Waals surface area contributed by atoms with Crippen LogP contribution in [0.1, 0.15) is 132 Å². The van der Waals surface area contributed by atoms with E-state index in [9.17, 15) is 13.6 Å². The normalized spacial score (nSPS) is 11.1. The fraction of sp³-hybridized carbons (Fsp3) is 0.500. The summed E-state index contributed by atoms with van der Waals surface area (Å²) < 4.78 is 34.8. The second-order valence-corrected chi connectivity index (χ2v) is 11.6. The minimum Gasteiger partial charge on any atom is -0.420 e. The van der Waals surface area contributed by atoms with Gasteiger partial charge in [0.25, 0.3) is 0 Å². The van der Waals surface area contributed by atoms with Crippen LogP contribution in [0, 0.1) is 11.6 Å². The third-order valence-corrected chi connectivity index (χ3v) is 8.07. The van der Waals surface area contributed by atoms with E-state index in [4.69, 9.17) is 4.74 Å². The van der Waals surface area contributed by atoms with Crippen molar-refractivity contribution in [3.8, 4) is 16.9 Å². The topological polar surface area (TPSA) is 26.3 Å². The van der Waals surface area contributed by atoms with Gasteiger partial charge in [0.2, 0.25) is 0 Å². The van der Waals surface area contributed by atoms with Crippen LogP contribution in [0.25, 0.3) is 11.1 Å². The maximum Gasteiger partial charge on any atom is 0.343 e. The van der Waals surface area contributed by atoms with Crippen LogP contribution < -0.4 is 4.74 Å². The van der Waals surface area contributed by atoms with E-state index in [-0.39, 0.29) is 11.6 Å². The van der Waals surface area contributed by atoms with E-state index in [0.29, 0.717) is 5.56 Å². The van der Waals surface area contributed by atoms with Crippen LogP contribution in [-0.4, -0.2) is 5.97 Å². The zero-order valence-corrected chi connectivity index (χ0v) is 25.9. The summed E-state index contributed by atoms with van der Waals surface area (Å²) >= 11 is 0. The van der Waals surface area contributed by atoms with Crippen molar-refractivity contribution in [3.63, 3.8) is 0 Å². The number of esters is 1. The van der Waals surface area contributed by atoms with Gasteiger partial charge in [-0.2, -0.15) is 0 Å². The average Bonchev–Trinajstić information content (AvgIpc) is 3.00. The lowest BCUT2D eigenvalue weighted by atomic mass is 9.99. The van der Waals surface area contributed by atoms with E-state index < -0.39 is 11.8 Å². The Morgan fingerprint density at radius 3 is 1.69 bits per heavy atom. The summed E-state index contributed by atoms with van der Waals surface area (Å²) in [5.74, 6) is -1.40. The first-order valence-electron chi connectivity index (χ1n) is 16.4. The highest BCUT2D eigenvalue weighted by atomic mass is 19.1. The Labute approximate surface area is 252 Å². The standard InChI is InChI=1S/C38H50F2O2/c1-3-5-7-9-10-11-12-13-15-16-18-30-20-27-37(36(40)28-30)42-38(41)33-24-21-31(22-25-33)34-26-23-32(35(39)29-34)19-17-14-8-6-4-2/h20-29H,3-19H2,1-2H3. The number of hydrogen-bond donors (Lipinski definition) is 0. The Morgan fingerprint density at radius 2 is 1.12 bits per heavy atom. The number of unbranched alkanes of at least 4 members (excludes halogenated alkanes) is 13. The summed E-state index contributed by atoms with van der Waals surface area (Å²) in [7, 11) is 0. The van der Waals surface area contributed by atoms with Gasteiger partial charge in [-0.3, -0.25) is 0 Å². The molecule has 0 saturated carbocycles. The molecule has 42 heavy (non-hydrogen) atoms. The monoisotopic (exact) mass is 576 g/mol. The first-order valence-corrected chi connectivity index (χ1v) is 16.4. The summed E-state index contributed by atoms with van der Waals surface area (Å²) in [6.07, 6.45) is 20.0. The molecule has 0 amide bonds. The van der Waals surface area contributed by atoms with Crippen molar-refractivity contribution in [1.82, 2.24) is 0 Å². The number of ether oxygens (including phenoxy) is 1. The van der Waals surface area contributed by atoms with Crippen LogP contribution in [0.4, 0.5) is 8.78 Å². The molecule has 3 aromatic rings. The molecule has 0 atom stereocenters. The summed E-state index contributed by atoms with van der Waals surface area (Å²) in [5.41, 5.74) is 3.54. The predicted octanol–water partition coefficient (Wildman–Crippen LogP) is 11.8. The van der Waals surface area contributed by atoms with Gasteiger partial charge in [0.05, 0.1) is 5.56 Å². The first-order chi connectivity index (χ1) is 20.5. The molecule has 228 valence electrons. The highest BCUT2D eigenvalue weighted by Crippen LogP contribution is 2.25. The van der Waals surface area contributed by atoms with E-state index in [2.05, 4.69) is 13.8 Å². The van der Waals surface area contributed by atoms with E-state index in [1.54, 1.807) is 36.4 Å². The van der Waals surface area contributed by atoms with Gasteiger partial charge >= 0.3 is 5.97 Å². The van der Waals surface area contributed by atoms with Gasteiger partial charge in [-0.05, 0) is 78.3 Å². The molecular formula is C38H50F2O2. The lowest BCUT2D eigenvalue weighted by Gasteiger charge is -2.09. The summed E-state index contributed by atoms with van der Waals surface area (Å²) in [6.45, 7) is 4.43. The summed E-state index contributed by atoms with van der Waals surface area (Å²) in [5, 5.41) is 0. The zero-order chi connectivity index (χ0) is 30.0. The van der Waals surface area contributed by atoms with Crippen LogP contribution in [0.3, 0.4) is 0 Å². The molecule has 0 unspecified atom stereocenters. The quantitative estimate of drug-likeness (QED) is 0.0759. The van der Waals surface area contributed by atoms with E-state index in [1.165, 1.54) is 76.7 Å². The predicted molar refractivity (Wildman–Crippen MR) is 171 cm³/mol. The highest BCUT2D eigenvalue weighted by molar-refractivity contribution is 5.91. The summed E-state index contributed by atoms with van der Waals surface area (Å²) in [6, 6.07) is 17.0. The molecule has 0 saturated heterocycles. The molecular weight excluding hydrogens is 526 g/mol. The Morgan fingerprint density at radius 1 is 0.571 bits per heavy atom. The molecule has 0 aliphatic rings. The Kier molecular flexibility index (Phi) is 15.3. The van der Waals surface area contributed by atoms with Gasteiger partial charge in [-0.15, -0.1) is 0 Å². The van der Waals surface area contributed by atoms with Crippen LogP contribution in [0.2, 0.25) is 0 Å². The second kappa shape index (κ2) is 19.2. The molecule has 0 spiro atoms. The molecule has 3 rings (SSSR count). The molecule has 0 fully saturated rings. The minimum absolute atomic E-state index is 0.0664. The number of carbonyl (C=O) groups is 1. The van der Waals surface area contributed by atoms with Crippen molar-refractivity contribution >= 4 is 5.97 Å². The maximum absolute atomic E-state index is 14.7. The minimum atomic E-state index is -0.618. The van der Waals surface area contributed by atoms with Gasteiger partial charge in [-0.1, -0.05) is 128 Å². The van der Waals surface area contributed by atoms with Crippen LogP contribution in [0.15, 0.2) is 60.7 Å². The smallest absolute Gasteiger partial charge is 0.343 e. The van der Waals surface area contributed by atoms with Gasteiger partial charge in [0.1, 0.15) is 5.82 Å². The molecule has 4 heteroatoms. The average molecular weight is 577 g/mol. The number of rotatable bonds is 20. The second-order valence-electron chi connectivity index (χ2n) is 11.6. The van der Waals surface area contributed by atoms with Crippen molar-refractivity contribution in [2.75, 3.05) is 0 Å². The van der Waals surface area contributed by atoms with E-state index in [1.807, 2.05) is 18.2 Å². The Hall–Kier alpha value is -3.01. The molecule has 0 bridgehead atoms. The van der Waals surface area contributed by atoms with Crippen molar-refractivity contribution in [1.29, 1.82) is 0 Å².